The molecule has 0 saturated heterocycles. The van der Waals surface area contributed by atoms with Crippen LogP contribution in [0.2, 0.25) is 0 Å². The zero-order chi connectivity index (χ0) is 30.0. The lowest BCUT2D eigenvalue weighted by molar-refractivity contribution is -0.140. The number of methoxy groups -OCH3 is 1. The summed E-state index contributed by atoms with van der Waals surface area (Å²) in [4.78, 5) is 29.0. The highest BCUT2D eigenvalue weighted by atomic mass is 32.2. The van der Waals surface area contributed by atoms with E-state index in [0.29, 0.717) is 18.7 Å². The number of anilines is 1. The van der Waals surface area contributed by atoms with Crippen LogP contribution in [0, 0.1) is 13.8 Å². The molecule has 9 heteroatoms. The quantitative estimate of drug-likeness (QED) is 0.264. The van der Waals surface area contributed by atoms with Crippen molar-refractivity contribution >= 4 is 27.5 Å². The fourth-order valence-electron chi connectivity index (χ4n) is 4.62. The molecule has 0 heterocycles. The summed E-state index contributed by atoms with van der Waals surface area (Å²) in [5.41, 5.74) is 3.02. The zero-order valence-electron chi connectivity index (χ0n) is 24.6. The molecule has 0 saturated carbocycles. The molecular formula is C32H41N3O5S. The van der Waals surface area contributed by atoms with Gasteiger partial charge >= 0.3 is 0 Å². The van der Waals surface area contributed by atoms with Gasteiger partial charge in [0.2, 0.25) is 11.8 Å². The summed E-state index contributed by atoms with van der Waals surface area (Å²) in [6.45, 7) is 7.87. The molecule has 0 spiro atoms. The number of sulfonamides is 1. The van der Waals surface area contributed by atoms with Gasteiger partial charge in [0.15, 0.2) is 0 Å². The van der Waals surface area contributed by atoms with E-state index in [1.54, 1.807) is 36.4 Å². The van der Waals surface area contributed by atoms with Crippen molar-refractivity contribution in [2.45, 2.75) is 64.4 Å². The van der Waals surface area contributed by atoms with Gasteiger partial charge in [-0.3, -0.25) is 13.9 Å². The number of nitrogens with one attached hydrogen (secondary N) is 1. The average Bonchev–Trinajstić information content (AvgIpc) is 2.96. The lowest BCUT2D eigenvalue weighted by Gasteiger charge is -2.33. The summed E-state index contributed by atoms with van der Waals surface area (Å²) in [6.07, 6.45) is 2.12. The van der Waals surface area contributed by atoms with E-state index in [1.807, 2.05) is 52.0 Å². The van der Waals surface area contributed by atoms with E-state index in [4.69, 9.17) is 4.74 Å². The molecule has 0 aliphatic rings. The number of benzene rings is 3. The zero-order valence-corrected chi connectivity index (χ0v) is 25.4. The van der Waals surface area contributed by atoms with Gasteiger partial charge in [-0.2, -0.15) is 0 Å². The van der Waals surface area contributed by atoms with Crippen LogP contribution in [0.5, 0.6) is 5.75 Å². The summed E-state index contributed by atoms with van der Waals surface area (Å²) < 4.78 is 34.6. The number of rotatable bonds is 14. The minimum absolute atomic E-state index is 0.0522. The monoisotopic (exact) mass is 579 g/mol. The van der Waals surface area contributed by atoms with Crippen molar-refractivity contribution in [2.24, 2.45) is 0 Å². The number of para-hydroxylation sites is 2. The molecule has 3 aromatic carbocycles. The first-order valence-corrected chi connectivity index (χ1v) is 15.4. The molecule has 0 bridgehead atoms. The van der Waals surface area contributed by atoms with Crippen molar-refractivity contribution in [1.82, 2.24) is 10.2 Å². The summed E-state index contributed by atoms with van der Waals surface area (Å²) in [5.74, 6) is -0.441. The van der Waals surface area contributed by atoms with E-state index < -0.39 is 28.5 Å². The topological polar surface area (TPSA) is 96.0 Å². The fourth-order valence-corrected chi connectivity index (χ4v) is 6.04. The molecule has 1 atom stereocenters. The van der Waals surface area contributed by atoms with Gasteiger partial charge in [0, 0.05) is 13.1 Å². The average molecular weight is 580 g/mol. The van der Waals surface area contributed by atoms with E-state index in [1.165, 1.54) is 24.1 Å². The number of amides is 2. The van der Waals surface area contributed by atoms with Crippen molar-refractivity contribution in [3.8, 4) is 5.75 Å². The summed E-state index contributed by atoms with van der Waals surface area (Å²) in [5, 5.41) is 2.95. The molecule has 0 unspecified atom stereocenters. The summed E-state index contributed by atoms with van der Waals surface area (Å²) in [7, 11) is -2.72. The standard InChI is InChI=1S/C32H41N3O5S/c1-6-8-20-33-32(37)28(7-2)34(22-26-13-11-12-25(4)21-26)31(36)23-35(29-14-9-10-15-30(29)40-5)41(38,39)27-18-16-24(3)17-19-27/h9-19,21,28H,6-8,20,22-23H2,1-5H3,(H,33,37)/t28-/m0/s1. The molecule has 220 valence electrons. The first-order chi connectivity index (χ1) is 19.6. The maximum Gasteiger partial charge on any atom is 0.264 e. The number of carbonyl (C=O) groups is 2. The molecule has 3 rings (SSSR count). The molecule has 0 aromatic heterocycles. The first kappa shape index (κ1) is 31.7. The number of ether oxygens (including phenoxy) is 1. The molecular weight excluding hydrogens is 538 g/mol. The van der Waals surface area contributed by atoms with Gasteiger partial charge < -0.3 is 15.0 Å². The maximum atomic E-state index is 14.2. The molecule has 2 amide bonds. The Morgan fingerprint density at radius 3 is 2.27 bits per heavy atom. The lowest BCUT2D eigenvalue weighted by Crippen LogP contribution is -2.52. The second-order valence-electron chi connectivity index (χ2n) is 10.1. The Balaban J connectivity index is 2.07. The predicted octanol–water partition coefficient (Wildman–Crippen LogP) is 5.23. The Bertz CT molecular complexity index is 1420. The van der Waals surface area contributed by atoms with E-state index >= 15 is 0 Å². The van der Waals surface area contributed by atoms with Gasteiger partial charge in [-0.05, 0) is 56.5 Å². The van der Waals surface area contributed by atoms with Gasteiger partial charge in [-0.1, -0.05) is 79.9 Å². The third-order valence-corrected chi connectivity index (χ3v) is 8.67. The Hall–Kier alpha value is -3.85. The SMILES string of the molecule is CCCCNC(=O)[C@H](CC)N(Cc1cccc(C)c1)C(=O)CN(c1ccccc1OC)S(=O)(=O)c1ccc(C)cc1. The molecule has 0 aliphatic carbocycles. The van der Waals surface area contributed by atoms with Crippen LogP contribution in [0.15, 0.2) is 77.7 Å². The Kier molecular flexibility index (Phi) is 11.3. The Labute approximate surface area is 244 Å². The van der Waals surface area contributed by atoms with Crippen LogP contribution in [0.4, 0.5) is 5.69 Å². The van der Waals surface area contributed by atoms with Crippen molar-refractivity contribution in [3.05, 3.63) is 89.5 Å². The van der Waals surface area contributed by atoms with E-state index in [2.05, 4.69) is 5.32 Å². The molecule has 8 nitrogen and oxygen atoms in total. The number of nitrogens with zero attached hydrogens (tertiary/aromatic N) is 2. The predicted molar refractivity (Wildman–Crippen MR) is 162 cm³/mol. The highest BCUT2D eigenvalue weighted by molar-refractivity contribution is 7.92. The van der Waals surface area contributed by atoms with Crippen molar-refractivity contribution < 1.29 is 22.7 Å². The Morgan fingerprint density at radius 2 is 1.63 bits per heavy atom. The van der Waals surface area contributed by atoms with Gasteiger partial charge in [-0.15, -0.1) is 0 Å². The van der Waals surface area contributed by atoms with Crippen molar-refractivity contribution in [2.75, 3.05) is 24.5 Å². The van der Waals surface area contributed by atoms with Gasteiger partial charge in [0.1, 0.15) is 18.3 Å². The number of unbranched alkanes of at least 4 members (excludes halogenated alkanes) is 1. The molecule has 3 aromatic rings. The minimum atomic E-state index is -4.18. The van der Waals surface area contributed by atoms with Gasteiger partial charge in [-0.25, -0.2) is 8.42 Å². The fraction of sp³-hybridized carbons (Fsp3) is 0.375. The van der Waals surface area contributed by atoms with Crippen molar-refractivity contribution in [1.29, 1.82) is 0 Å². The summed E-state index contributed by atoms with van der Waals surface area (Å²) >= 11 is 0. The molecule has 1 N–H and O–H groups in total. The number of hydrogen-bond acceptors (Lipinski definition) is 5. The molecule has 0 radical (unpaired) electrons. The number of carbonyl (C=O) groups excluding carboxylic acids is 2. The molecule has 41 heavy (non-hydrogen) atoms. The van der Waals surface area contributed by atoms with Crippen LogP contribution in [0.25, 0.3) is 0 Å². The van der Waals surface area contributed by atoms with Crippen molar-refractivity contribution in [3.63, 3.8) is 0 Å². The van der Waals surface area contributed by atoms with Crippen LogP contribution in [-0.4, -0.2) is 51.4 Å². The van der Waals surface area contributed by atoms with Crippen LogP contribution in [0.1, 0.15) is 49.8 Å². The smallest absolute Gasteiger partial charge is 0.264 e. The largest absolute Gasteiger partial charge is 0.495 e. The van der Waals surface area contributed by atoms with E-state index in [9.17, 15) is 18.0 Å². The number of aryl methyl sites for hydroxylation is 2. The van der Waals surface area contributed by atoms with Crippen LogP contribution >= 0.6 is 0 Å². The van der Waals surface area contributed by atoms with Crippen LogP contribution < -0.4 is 14.4 Å². The molecule has 0 fully saturated rings. The third-order valence-electron chi connectivity index (χ3n) is 6.89. The van der Waals surface area contributed by atoms with Crippen LogP contribution in [0.3, 0.4) is 0 Å². The summed E-state index contributed by atoms with van der Waals surface area (Å²) in [6, 6.07) is 20.1. The van der Waals surface area contributed by atoms with Crippen LogP contribution in [-0.2, 0) is 26.2 Å². The second kappa shape index (κ2) is 14.7. The highest BCUT2D eigenvalue weighted by Gasteiger charge is 2.34. The van der Waals surface area contributed by atoms with E-state index in [-0.39, 0.29) is 23.0 Å². The van der Waals surface area contributed by atoms with Gasteiger partial charge in [0.05, 0.1) is 17.7 Å². The first-order valence-electron chi connectivity index (χ1n) is 14.0. The minimum Gasteiger partial charge on any atom is -0.495 e. The lowest BCUT2D eigenvalue weighted by atomic mass is 10.1. The normalized spacial score (nSPS) is 11.9. The van der Waals surface area contributed by atoms with Gasteiger partial charge in [0.25, 0.3) is 10.0 Å². The third kappa shape index (κ3) is 8.10. The Morgan fingerprint density at radius 1 is 0.927 bits per heavy atom. The second-order valence-corrected chi connectivity index (χ2v) is 11.9. The maximum absolute atomic E-state index is 14.2. The molecule has 0 aliphatic heterocycles. The van der Waals surface area contributed by atoms with E-state index in [0.717, 1.165) is 33.8 Å². The highest BCUT2D eigenvalue weighted by Crippen LogP contribution is 2.32. The number of hydrogen-bond donors (Lipinski definition) is 1.